The molecule has 0 saturated carbocycles. The molecular weight excluding hydrogens is 491 g/mol. The van der Waals surface area contributed by atoms with Crippen molar-refractivity contribution < 1.29 is 27.9 Å². The minimum Gasteiger partial charge on any atom is -0.460 e. The molecule has 13 heteroatoms. The summed E-state index contributed by atoms with van der Waals surface area (Å²) in [5, 5.41) is 6.34. The number of carbonyl (C=O) groups is 1. The van der Waals surface area contributed by atoms with Gasteiger partial charge in [-0.25, -0.2) is 14.4 Å². The van der Waals surface area contributed by atoms with Crippen molar-refractivity contribution in [1.82, 2.24) is 19.9 Å². The Bertz CT molecular complexity index is 1310. The van der Waals surface area contributed by atoms with Crippen LogP contribution in [0.15, 0.2) is 76.4 Å². The van der Waals surface area contributed by atoms with Crippen LogP contribution >= 0.6 is 7.75 Å². The molecule has 0 aliphatic carbocycles. The maximum Gasteiger partial charge on any atom is 0.459 e. The number of nitrogens with one attached hydrogen (secondary N) is 2. The highest BCUT2D eigenvalue weighted by atomic mass is 31.2. The highest BCUT2D eigenvalue weighted by Crippen LogP contribution is 2.45. The van der Waals surface area contributed by atoms with Crippen molar-refractivity contribution in [3.05, 3.63) is 93.3 Å². The SMILES string of the molecule is O=C(CNP(=O)(OCC1CCC(n2ncc(=O)[nH]c2=O)O1)Oc1ccccc1)OCc1ccccc1. The molecule has 0 radical (unpaired) electrons. The van der Waals surface area contributed by atoms with E-state index in [0.29, 0.717) is 12.8 Å². The number of aromatic nitrogens is 3. The Hall–Kier alpha value is -3.57. The number of benzene rings is 2. The predicted octanol–water partition coefficient (Wildman–Crippen LogP) is 2.15. The van der Waals surface area contributed by atoms with Crippen molar-refractivity contribution in [3.8, 4) is 5.75 Å². The van der Waals surface area contributed by atoms with Gasteiger partial charge in [-0.1, -0.05) is 48.5 Å². The lowest BCUT2D eigenvalue weighted by Gasteiger charge is -2.21. The van der Waals surface area contributed by atoms with E-state index in [0.717, 1.165) is 16.4 Å². The molecule has 3 aromatic rings. The van der Waals surface area contributed by atoms with E-state index in [-0.39, 0.29) is 19.0 Å². The zero-order valence-corrected chi connectivity index (χ0v) is 20.0. The van der Waals surface area contributed by atoms with Gasteiger partial charge in [-0.3, -0.25) is 19.1 Å². The van der Waals surface area contributed by atoms with Gasteiger partial charge in [-0.15, -0.1) is 0 Å². The van der Waals surface area contributed by atoms with Gasteiger partial charge in [0, 0.05) is 0 Å². The third kappa shape index (κ3) is 7.22. The molecule has 3 atom stereocenters. The number of hydrogen-bond donors (Lipinski definition) is 2. The average molecular weight is 516 g/mol. The fraction of sp³-hybridized carbons (Fsp3) is 0.304. The van der Waals surface area contributed by atoms with Crippen LogP contribution in [-0.4, -0.2) is 40.0 Å². The van der Waals surface area contributed by atoms with Crippen LogP contribution in [0.5, 0.6) is 5.75 Å². The van der Waals surface area contributed by atoms with Gasteiger partial charge in [-0.05, 0) is 30.5 Å². The molecule has 1 fully saturated rings. The maximum absolute atomic E-state index is 13.4. The van der Waals surface area contributed by atoms with E-state index in [1.54, 1.807) is 30.3 Å². The maximum atomic E-state index is 13.4. The Morgan fingerprint density at radius 3 is 2.56 bits per heavy atom. The molecule has 1 aromatic heterocycles. The van der Waals surface area contributed by atoms with Crippen LogP contribution in [0.1, 0.15) is 24.6 Å². The molecule has 36 heavy (non-hydrogen) atoms. The largest absolute Gasteiger partial charge is 0.460 e. The van der Waals surface area contributed by atoms with Crippen molar-refractivity contribution in [2.24, 2.45) is 0 Å². The summed E-state index contributed by atoms with van der Waals surface area (Å²) in [4.78, 5) is 37.5. The standard InChI is InChI=1S/C23H25N4O8P/c28-20-13-24-27(23(30)26-20)21-12-11-19(34-21)16-33-36(31,35-18-9-5-2-6-10-18)25-14-22(29)32-15-17-7-3-1-4-8-17/h1-10,13,19,21H,11-12,14-16H2,(H,25,31)(H,26,28,30). The first-order valence-electron chi connectivity index (χ1n) is 11.2. The highest BCUT2D eigenvalue weighted by molar-refractivity contribution is 7.52. The quantitative estimate of drug-likeness (QED) is 0.287. The van der Waals surface area contributed by atoms with Crippen LogP contribution in [0.3, 0.4) is 0 Å². The second kappa shape index (κ2) is 11.9. The summed E-state index contributed by atoms with van der Waals surface area (Å²) in [6, 6.07) is 17.5. The zero-order valence-electron chi connectivity index (χ0n) is 19.1. The number of nitrogens with zero attached hydrogens (tertiary/aromatic N) is 2. The molecule has 3 unspecified atom stereocenters. The lowest BCUT2D eigenvalue weighted by atomic mass is 10.2. The minimum absolute atomic E-state index is 0.0709. The Balaban J connectivity index is 1.35. The number of esters is 1. The lowest BCUT2D eigenvalue weighted by Crippen LogP contribution is -2.34. The lowest BCUT2D eigenvalue weighted by molar-refractivity contribution is -0.143. The first kappa shape index (κ1) is 25.5. The van der Waals surface area contributed by atoms with Crippen LogP contribution in [0.25, 0.3) is 0 Å². The van der Waals surface area contributed by atoms with Crippen LogP contribution in [-0.2, 0) is 30.0 Å². The summed E-state index contributed by atoms with van der Waals surface area (Å²) in [5.41, 5.74) is -0.487. The normalized spacial score (nSPS) is 18.9. The number of H-pyrrole nitrogens is 1. The minimum atomic E-state index is -4.01. The first-order valence-corrected chi connectivity index (χ1v) is 12.7. The van der Waals surface area contributed by atoms with Gasteiger partial charge in [-0.2, -0.15) is 9.78 Å². The van der Waals surface area contributed by atoms with Gasteiger partial charge >= 0.3 is 19.4 Å². The first-order chi connectivity index (χ1) is 17.4. The summed E-state index contributed by atoms with van der Waals surface area (Å²) in [7, 11) is -4.01. The number of ether oxygens (including phenoxy) is 2. The average Bonchev–Trinajstić information content (AvgIpc) is 3.35. The smallest absolute Gasteiger partial charge is 0.459 e. The monoisotopic (exact) mass is 516 g/mol. The molecule has 190 valence electrons. The number of aromatic amines is 1. The molecule has 1 aliphatic rings. The van der Waals surface area contributed by atoms with Crippen molar-refractivity contribution in [3.63, 3.8) is 0 Å². The second-order valence-corrected chi connectivity index (χ2v) is 9.60. The van der Waals surface area contributed by atoms with Gasteiger partial charge in [0.2, 0.25) is 0 Å². The number of rotatable bonds is 11. The van der Waals surface area contributed by atoms with Gasteiger partial charge in [0.25, 0.3) is 5.56 Å². The van der Waals surface area contributed by atoms with Gasteiger partial charge in [0.1, 0.15) is 25.1 Å². The number of hydrogen-bond acceptors (Lipinski definition) is 9. The molecule has 4 rings (SSSR count). The molecule has 2 N–H and O–H groups in total. The van der Waals surface area contributed by atoms with E-state index in [2.05, 4.69) is 15.2 Å². The van der Waals surface area contributed by atoms with Crippen molar-refractivity contribution in [2.75, 3.05) is 13.2 Å². The predicted molar refractivity (Wildman–Crippen MR) is 127 cm³/mol. The van der Waals surface area contributed by atoms with Gasteiger partial charge < -0.3 is 14.0 Å². The Labute approximate surface area is 205 Å². The summed E-state index contributed by atoms with van der Waals surface area (Å²) < 4.78 is 36.6. The Kier molecular flexibility index (Phi) is 8.44. The van der Waals surface area contributed by atoms with Crippen LogP contribution < -0.4 is 20.9 Å². The van der Waals surface area contributed by atoms with Gasteiger partial charge in [0.15, 0.2) is 6.23 Å². The van der Waals surface area contributed by atoms with Crippen molar-refractivity contribution in [2.45, 2.75) is 31.8 Å². The zero-order chi connectivity index (χ0) is 25.4. The van der Waals surface area contributed by atoms with Crippen molar-refractivity contribution >= 4 is 13.7 Å². The van der Waals surface area contributed by atoms with Crippen LogP contribution in [0.2, 0.25) is 0 Å². The molecule has 2 heterocycles. The third-order valence-corrected chi connectivity index (χ3v) is 6.64. The van der Waals surface area contributed by atoms with Crippen LogP contribution in [0.4, 0.5) is 0 Å². The molecule has 0 bridgehead atoms. The van der Waals surface area contributed by atoms with E-state index < -0.39 is 43.8 Å². The molecule has 1 saturated heterocycles. The Morgan fingerprint density at radius 2 is 1.83 bits per heavy atom. The molecule has 12 nitrogen and oxygen atoms in total. The topological polar surface area (TPSA) is 151 Å². The van der Waals surface area contributed by atoms with E-state index in [1.807, 2.05) is 30.3 Å². The number of carbonyl (C=O) groups excluding carboxylic acids is 1. The second-order valence-electron chi connectivity index (χ2n) is 7.85. The van der Waals surface area contributed by atoms with Gasteiger partial charge in [0.05, 0.1) is 12.7 Å². The molecule has 0 spiro atoms. The summed E-state index contributed by atoms with van der Waals surface area (Å²) in [6.07, 6.45) is 0.642. The summed E-state index contributed by atoms with van der Waals surface area (Å²) >= 11 is 0. The highest BCUT2D eigenvalue weighted by Gasteiger charge is 2.33. The fourth-order valence-corrected chi connectivity index (χ4v) is 4.71. The van der Waals surface area contributed by atoms with E-state index in [1.165, 1.54) is 0 Å². The van der Waals surface area contributed by atoms with E-state index >= 15 is 0 Å². The summed E-state index contributed by atoms with van der Waals surface area (Å²) in [6.45, 7) is -0.492. The molecule has 1 aliphatic heterocycles. The van der Waals surface area contributed by atoms with Crippen molar-refractivity contribution in [1.29, 1.82) is 0 Å². The molecule has 2 aromatic carbocycles. The van der Waals surface area contributed by atoms with Crippen LogP contribution in [0, 0.1) is 0 Å². The van der Waals surface area contributed by atoms with E-state index in [4.69, 9.17) is 18.5 Å². The Morgan fingerprint density at radius 1 is 1.11 bits per heavy atom. The number of para-hydroxylation sites is 1. The molecular formula is C23H25N4O8P. The third-order valence-electron chi connectivity index (χ3n) is 5.15. The molecule has 0 amide bonds. The van der Waals surface area contributed by atoms with E-state index in [9.17, 15) is 18.9 Å². The fourth-order valence-electron chi connectivity index (χ4n) is 3.41. The summed E-state index contributed by atoms with van der Waals surface area (Å²) in [5.74, 6) is -0.361.